The van der Waals surface area contributed by atoms with Gasteiger partial charge in [-0.3, -0.25) is 9.59 Å². The van der Waals surface area contributed by atoms with Crippen LogP contribution >= 0.6 is 0 Å². The molecule has 0 radical (unpaired) electrons. The Morgan fingerprint density at radius 2 is 1.53 bits per heavy atom. The smallest absolute Gasteiger partial charge is 0.468 e. The van der Waals surface area contributed by atoms with Crippen LogP contribution in [0.25, 0.3) is 0 Å². The molecular formula is C23H33NO10. The van der Waals surface area contributed by atoms with Gasteiger partial charge in [-0.05, 0) is 38.0 Å². The second-order valence-electron chi connectivity index (χ2n) is 7.40. The summed E-state index contributed by atoms with van der Waals surface area (Å²) in [5.74, 6) is -1.62. The first-order chi connectivity index (χ1) is 16.1. The van der Waals surface area contributed by atoms with Gasteiger partial charge in [-0.15, -0.1) is 0 Å². The van der Waals surface area contributed by atoms with E-state index in [1.807, 2.05) is 6.92 Å². The van der Waals surface area contributed by atoms with Gasteiger partial charge in [0.05, 0.1) is 32.8 Å². The minimum Gasteiger partial charge on any atom is -0.468 e. The predicted molar refractivity (Wildman–Crippen MR) is 119 cm³/mol. The minimum atomic E-state index is -1.55. The highest BCUT2D eigenvalue weighted by Crippen LogP contribution is 2.31. The maximum Gasteiger partial charge on any atom is 0.513 e. The average molecular weight is 484 g/mol. The molecule has 1 aromatic rings. The lowest BCUT2D eigenvalue weighted by atomic mass is 9.88. The summed E-state index contributed by atoms with van der Waals surface area (Å²) in [6.07, 6.45) is -1.46. The van der Waals surface area contributed by atoms with Gasteiger partial charge in [-0.2, -0.15) is 0 Å². The summed E-state index contributed by atoms with van der Waals surface area (Å²) in [6.45, 7) is 6.86. The molecule has 1 rings (SSSR count). The van der Waals surface area contributed by atoms with Crippen LogP contribution in [0.3, 0.4) is 0 Å². The summed E-state index contributed by atoms with van der Waals surface area (Å²) in [6, 6.07) is 4.27. The lowest BCUT2D eigenvalue weighted by molar-refractivity contribution is -0.153. The lowest BCUT2D eigenvalue weighted by Crippen LogP contribution is -2.51. The fourth-order valence-corrected chi connectivity index (χ4v) is 2.77. The molecule has 2 N–H and O–H groups in total. The van der Waals surface area contributed by atoms with E-state index in [-0.39, 0.29) is 56.0 Å². The summed E-state index contributed by atoms with van der Waals surface area (Å²) < 4.78 is 29.8. The van der Waals surface area contributed by atoms with Crippen molar-refractivity contribution in [3.8, 4) is 11.5 Å². The van der Waals surface area contributed by atoms with Crippen LogP contribution in [0.2, 0.25) is 0 Å². The molecule has 0 amide bonds. The first-order valence-corrected chi connectivity index (χ1v) is 11.0. The number of esters is 2. The fraction of sp³-hybridized carbons (Fsp3) is 0.565. The average Bonchev–Trinajstić information content (AvgIpc) is 2.79. The van der Waals surface area contributed by atoms with E-state index in [4.69, 9.17) is 34.2 Å². The molecule has 11 nitrogen and oxygen atoms in total. The van der Waals surface area contributed by atoms with E-state index < -0.39 is 23.8 Å². The third-order valence-corrected chi connectivity index (χ3v) is 4.84. The van der Waals surface area contributed by atoms with E-state index in [2.05, 4.69) is 0 Å². The van der Waals surface area contributed by atoms with Crippen LogP contribution < -0.4 is 15.2 Å². The number of benzene rings is 1. The van der Waals surface area contributed by atoms with Crippen LogP contribution in [-0.4, -0.2) is 56.7 Å². The minimum absolute atomic E-state index is 0.0169. The van der Waals surface area contributed by atoms with Gasteiger partial charge in [0.25, 0.3) is 0 Å². The Kier molecular flexibility index (Phi) is 11.8. The molecule has 0 fully saturated rings. The van der Waals surface area contributed by atoms with E-state index in [0.29, 0.717) is 12.0 Å². The zero-order valence-corrected chi connectivity index (χ0v) is 20.2. The number of hydrogen-bond acceptors (Lipinski definition) is 11. The van der Waals surface area contributed by atoms with E-state index in [1.54, 1.807) is 20.8 Å². The monoisotopic (exact) mass is 483 g/mol. The van der Waals surface area contributed by atoms with Crippen molar-refractivity contribution >= 4 is 24.2 Å². The van der Waals surface area contributed by atoms with Crippen molar-refractivity contribution in [3.05, 3.63) is 23.8 Å². The predicted octanol–water partition coefficient (Wildman–Crippen LogP) is 3.15. The van der Waals surface area contributed by atoms with E-state index >= 15 is 0 Å². The van der Waals surface area contributed by atoms with Crippen molar-refractivity contribution < 1.29 is 47.6 Å². The molecule has 0 aliphatic rings. The topological polar surface area (TPSA) is 150 Å². The number of carbonyl (C=O) groups excluding carboxylic acids is 4. The Labute approximate surface area is 198 Å². The number of rotatable bonds is 12. The van der Waals surface area contributed by atoms with E-state index in [1.165, 1.54) is 25.3 Å². The van der Waals surface area contributed by atoms with Crippen LogP contribution in [-0.2, 0) is 35.0 Å². The summed E-state index contributed by atoms with van der Waals surface area (Å²) >= 11 is 0. The Hall–Kier alpha value is -3.34. The highest BCUT2D eigenvalue weighted by molar-refractivity contribution is 5.81. The molecular weight excluding hydrogens is 450 g/mol. The first-order valence-electron chi connectivity index (χ1n) is 11.0. The number of ether oxygens (including phenoxy) is 6. The molecule has 0 saturated heterocycles. The second-order valence-corrected chi connectivity index (χ2v) is 7.40. The summed E-state index contributed by atoms with van der Waals surface area (Å²) in [5.41, 5.74) is 5.24. The summed E-state index contributed by atoms with van der Waals surface area (Å²) in [4.78, 5) is 48.0. The standard InChI is InChI=1S/C23H33NO10/c1-6-15(4)19(25)32-12-11-23(24,20(26)29-5)14-16-9-10-17(33-21(27)30-7-2)18(13-16)34-22(28)31-8-3/h9-10,13,15H,6-8,11-12,14,24H2,1-5H3/t15-,23?/m0/s1. The maximum absolute atomic E-state index is 12.5. The van der Waals surface area contributed by atoms with Crippen LogP contribution in [0.5, 0.6) is 11.5 Å². The van der Waals surface area contributed by atoms with Gasteiger partial charge in [-0.25, -0.2) is 9.59 Å². The van der Waals surface area contributed by atoms with Crippen molar-refractivity contribution in [2.75, 3.05) is 26.9 Å². The van der Waals surface area contributed by atoms with Crippen molar-refractivity contribution in [2.24, 2.45) is 11.7 Å². The molecule has 1 unspecified atom stereocenters. The third kappa shape index (κ3) is 8.89. The summed E-state index contributed by atoms with van der Waals surface area (Å²) in [7, 11) is 1.20. The zero-order valence-electron chi connectivity index (χ0n) is 20.2. The molecule has 0 aliphatic heterocycles. The second kappa shape index (κ2) is 14.0. The molecule has 190 valence electrons. The number of methoxy groups -OCH3 is 1. The number of nitrogens with two attached hydrogens (primary N) is 1. The molecule has 0 aromatic heterocycles. The lowest BCUT2D eigenvalue weighted by Gasteiger charge is -2.27. The highest BCUT2D eigenvalue weighted by atomic mass is 16.7. The SMILES string of the molecule is CCOC(=O)Oc1ccc(CC(N)(CCOC(=O)[C@@H](C)CC)C(=O)OC)cc1OC(=O)OCC. The zero-order chi connectivity index (χ0) is 25.7. The van der Waals surface area contributed by atoms with Crippen molar-refractivity contribution in [1.29, 1.82) is 0 Å². The van der Waals surface area contributed by atoms with Crippen LogP contribution in [0, 0.1) is 5.92 Å². The van der Waals surface area contributed by atoms with Gasteiger partial charge in [0, 0.05) is 12.8 Å². The summed E-state index contributed by atoms with van der Waals surface area (Å²) in [5, 5.41) is 0. The van der Waals surface area contributed by atoms with Crippen molar-refractivity contribution in [2.45, 2.75) is 52.5 Å². The molecule has 11 heteroatoms. The van der Waals surface area contributed by atoms with Gasteiger partial charge in [0.2, 0.25) is 0 Å². The fourth-order valence-electron chi connectivity index (χ4n) is 2.77. The third-order valence-electron chi connectivity index (χ3n) is 4.84. The normalized spacial score (nSPS) is 13.1. The maximum atomic E-state index is 12.5. The molecule has 34 heavy (non-hydrogen) atoms. The van der Waals surface area contributed by atoms with Gasteiger partial charge >= 0.3 is 24.2 Å². The molecule has 0 spiro atoms. The van der Waals surface area contributed by atoms with Crippen LogP contribution in [0.15, 0.2) is 18.2 Å². The quantitative estimate of drug-likeness (QED) is 0.265. The first kappa shape index (κ1) is 28.7. The molecule has 1 aromatic carbocycles. The molecule has 0 bridgehead atoms. The molecule has 0 aliphatic carbocycles. The van der Waals surface area contributed by atoms with Gasteiger partial charge < -0.3 is 34.2 Å². The van der Waals surface area contributed by atoms with Crippen molar-refractivity contribution in [1.82, 2.24) is 0 Å². The van der Waals surface area contributed by atoms with E-state index in [0.717, 1.165) is 0 Å². The van der Waals surface area contributed by atoms with Crippen LogP contribution in [0.4, 0.5) is 9.59 Å². The molecule has 0 saturated carbocycles. The molecule has 0 heterocycles. The van der Waals surface area contributed by atoms with Gasteiger partial charge in [0.15, 0.2) is 11.5 Å². The number of hydrogen-bond donors (Lipinski definition) is 1. The molecule has 2 atom stereocenters. The van der Waals surface area contributed by atoms with Crippen molar-refractivity contribution in [3.63, 3.8) is 0 Å². The largest absolute Gasteiger partial charge is 0.513 e. The Balaban J connectivity index is 3.13. The number of carbonyl (C=O) groups is 4. The Morgan fingerprint density at radius 3 is 2.06 bits per heavy atom. The van der Waals surface area contributed by atoms with Gasteiger partial charge in [0.1, 0.15) is 5.54 Å². The van der Waals surface area contributed by atoms with Gasteiger partial charge in [-0.1, -0.05) is 19.9 Å². The Bertz CT molecular complexity index is 856. The van der Waals surface area contributed by atoms with E-state index in [9.17, 15) is 19.2 Å². The highest BCUT2D eigenvalue weighted by Gasteiger charge is 2.36. The van der Waals surface area contributed by atoms with Crippen LogP contribution in [0.1, 0.15) is 46.1 Å². The Morgan fingerprint density at radius 1 is 0.941 bits per heavy atom.